The van der Waals surface area contributed by atoms with Gasteiger partial charge in [0.1, 0.15) is 0 Å². The number of terminal acetylenes is 1. The maximum atomic E-state index is 4.21. The van der Waals surface area contributed by atoms with Gasteiger partial charge in [-0.2, -0.15) is 0 Å². The SMILES string of the molecule is C#C.C/C=C\c1cnc(C)cc1C.CC. The van der Waals surface area contributed by atoms with Crippen molar-refractivity contribution in [1.82, 2.24) is 4.98 Å². The van der Waals surface area contributed by atoms with Crippen LogP contribution in [0.1, 0.15) is 37.6 Å². The Hall–Kier alpha value is -1.55. The molecular weight excluding hydrogens is 182 g/mol. The van der Waals surface area contributed by atoms with Crippen molar-refractivity contribution in [3.63, 3.8) is 0 Å². The first-order valence-electron chi connectivity index (χ1n) is 5.13. The van der Waals surface area contributed by atoms with E-state index in [9.17, 15) is 0 Å². The first-order valence-corrected chi connectivity index (χ1v) is 5.13. The minimum atomic E-state index is 1.08. The number of rotatable bonds is 1. The zero-order valence-corrected chi connectivity index (χ0v) is 10.4. The summed E-state index contributed by atoms with van der Waals surface area (Å²) in [5, 5.41) is 0. The quantitative estimate of drug-likeness (QED) is 0.628. The van der Waals surface area contributed by atoms with Crippen LogP contribution in [0.3, 0.4) is 0 Å². The minimum absolute atomic E-state index is 1.08. The third-order valence-electron chi connectivity index (χ3n) is 1.63. The summed E-state index contributed by atoms with van der Waals surface area (Å²) >= 11 is 0. The van der Waals surface area contributed by atoms with Gasteiger partial charge in [-0.05, 0) is 38.0 Å². The fourth-order valence-corrected chi connectivity index (χ4v) is 1.06. The highest BCUT2D eigenvalue weighted by molar-refractivity contribution is 5.51. The number of aryl methyl sites for hydroxylation is 2. The Morgan fingerprint density at radius 2 is 1.73 bits per heavy atom. The van der Waals surface area contributed by atoms with Gasteiger partial charge in [-0.3, -0.25) is 4.98 Å². The number of allylic oxidation sites excluding steroid dienone is 1. The second-order valence-corrected chi connectivity index (χ2v) is 2.68. The molecule has 0 aliphatic heterocycles. The lowest BCUT2D eigenvalue weighted by Crippen LogP contribution is -1.85. The van der Waals surface area contributed by atoms with Crippen LogP contribution in [-0.4, -0.2) is 4.98 Å². The van der Waals surface area contributed by atoms with E-state index in [1.165, 1.54) is 11.1 Å². The van der Waals surface area contributed by atoms with Crippen molar-refractivity contribution in [3.05, 3.63) is 35.2 Å². The largest absolute Gasteiger partial charge is 0.261 e. The lowest BCUT2D eigenvalue weighted by Gasteiger charge is -1.99. The summed E-state index contributed by atoms with van der Waals surface area (Å²) in [6.45, 7) is 10.1. The lowest BCUT2D eigenvalue weighted by molar-refractivity contribution is 1.17. The third-order valence-corrected chi connectivity index (χ3v) is 1.63. The molecule has 0 atom stereocenters. The molecule has 0 amide bonds. The van der Waals surface area contributed by atoms with Gasteiger partial charge in [-0.25, -0.2) is 0 Å². The highest BCUT2D eigenvalue weighted by Crippen LogP contribution is 2.08. The Morgan fingerprint density at radius 1 is 1.20 bits per heavy atom. The van der Waals surface area contributed by atoms with Crippen LogP contribution in [0.5, 0.6) is 0 Å². The van der Waals surface area contributed by atoms with Crippen molar-refractivity contribution in [1.29, 1.82) is 0 Å². The maximum absolute atomic E-state index is 4.21. The van der Waals surface area contributed by atoms with Crippen LogP contribution < -0.4 is 0 Å². The number of nitrogens with zero attached hydrogens (tertiary/aromatic N) is 1. The van der Waals surface area contributed by atoms with Crippen molar-refractivity contribution in [2.75, 3.05) is 0 Å². The van der Waals surface area contributed by atoms with Crippen LogP contribution in [0.25, 0.3) is 6.08 Å². The van der Waals surface area contributed by atoms with Crippen molar-refractivity contribution >= 4 is 6.08 Å². The summed E-state index contributed by atoms with van der Waals surface area (Å²) in [5.41, 5.74) is 3.57. The molecule has 1 heterocycles. The molecule has 0 spiro atoms. The van der Waals surface area contributed by atoms with Gasteiger partial charge in [0.05, 0.1) is 0 Å². The van der Waals surface area contributed by atoms with Crippen LogP contribution in [0.2, 0.25) is 0 Å². The Labute approximate surface area is 94.3 Å². The molecule has 0 fully saturated rings. The van der Waals surface area contributed by atoms with Gasteiger partial charge in [0.25, 0.3) is 0 Å². The minimum Gasteiger partial charge on any atom is -0.261 e. The van der Waals surface area contributed by atoms with Crippen molar-refractivity contribution < 1.29 is 0 Å². The second-order valence-electron chi connectivity index (χ2n) is 2.68. The Balaban J connectivity index is 0. The van der Waals surface area contributed by atoms with Crippen LogP contribution in [0, 0.1) is 26.7 Å². The topological polar surface area (TPSA) is 12.9 Å². The molecule has 82 valence electrons. The van der Waals surface area contributed by atoms with Gasteiger partial charge in [-0.1, -0.05) is 26.0 Å². The van der Waals surface area contributed by atoms with Gasteiger partial charge >= 0.3 is 0 Å². The van der Waals surface area contributed by atoms with Crippen LogP contribution >= 0.6 is 0 Å². The summed E-state index contributed by atoms with van der Waals surface area (Å²) < 4.78 is 0. The molecule has 0 saturated carbocycles. The molecule has 0 unspecified atom stereocenters. The number of aromatic nitrogens is 1. The normalized spacial score (nSPS) is 8.47. The first kappa shape index (κ1) is 15.9. The average Bonchev–Trinajstić information content (AvgIpc) is 2.28. The number of pyridine rings is 1. The van der Waals surface area contributed by atoms with E-state index in [4.69, 9.17) is 0 Å². The zero-order chi connectivity index (χ0) is 12.3. The summed E-state index contributed by atoms with van der Waals surface area (Å²) in [6.07, 6.45) is 14.0. The maximum Gasteiger partial charge on any atom is 0.0375 e. The third kappa shape index (κ3) is 6.51. The van der Waals surface area contributed by atoms with Gasteiger partial charge in [0.2, 0.25) is 0 Å². The smallest absolute Gasteiger partial charge is 0.0375 e. The molecule has 1 nitrogen and oxygen atoms in total. The zero-order valence-electron chi connectivity index (χ0n) is 10.4. The van der Waals surface area contributed by atoms with E-state index in [0.717, 1.165) is 5.69 Å². The van der Waals surface area contributed by atoms with Crippen LogP contribution in [-0.2, 0) is 0 Å². The van der Waals surface area contributed by atoms with E-state index >= 15 is 0 Å². The summed E-state index contributed by atoms with van der Waals surface area (Å²) in [5.74, 6) is 0. The summed E-state index contributed by atoms with van der Waals surface area (Å²) in [7, 11) is 0. The molecule has 15 heavy (non-hydrogen) atoms. The molecule has 0 N–H and O–H groups in total. The average molecular weight is 203 g/mol. The highest BCUT2D eigenvalue weighted by atomic mass is 14.7. The highest BCUT2D eigenvalue weighted by Gasteiger charge is 1.93. The standard InChI is InChI=1S/C10H13N.C2H6.C2H2/c1-4-5-10-7-11-9(3)6-8(10)2;2*1-2/h4-7H,1-3H3;1-2H3;1-2H/b5-4-;;. The Morgan fingerprint density at radius 3 is 2.13 bits per heavy atom. The van der Waals surface area contributed by atoms with E-state index in [1.807, 2.05) is 40.0 Å². The molecule has 0 saturated heterocycles. The molecule has 0 aliphatic rings. The lowest BCUT2D eigenvalue weighted by atomic mass is 10.1. The molecule has 0 aromatic carbocycles. The van der Waals surface area contributed by atoms with Crippen molar-refractivity contribution in [3.8, 4) is 12.8 Å². The van der Waals surface area contributed by atoms with Gasteiger partial charge in [-0.15, -0.1) is 12.8 Å². The van der Waals surface area contributed by atoms with E-state index in [1.54, 1.807) is 0 Å². The van der Waals surface area contributed by atoms with E-state index in [0.29, 0.717) is 0 Å². The predicted octanol–water partition coefficient (Wildman–Crippen LogP) is 4.01. The summed E-state index contributed by atoms with van der Waals surface area (Å²) in [4.78, 5) is 4.21. The second kappa shape index (κ2) is 10.5. The van der Waals surface area contributed by atoms with Crippen LogP contribution in [0.4, 0.5) is 0 Å². The fourth-order valence-electron chi connectivity index (χ4n) is 1.06. The van der Waals surface area contributed by atoms with E-state index < -0.39 is 0 Å². The molecule has 0 aliphatic carbocycles. The molecule has 1 rings (SSSR count). The molecule has 1 aromatic heterocycles. The summed E-state index contributed by atoms with van der Waals surface area (Å²) in [6, 6.07) is 2.09. The molecule has 0 bridgehead atoms. The Bertz CT molecular complexity index is 308. The number of hydrogen-bond acceptors (Lipinski definition) is 1. The first-order chi connectivity index (χ1) is 7.24. The van der Waals surface area contributed by atoms with Gasteiger partial charge < -0.3 is 0 Å². The number of hydrogen-bond donors (Lipinski definition) is 0. The Kier molecular flexibility index (Phi) is 11.2. The van der Waals surface area contributed by atoms with Crippen molar-refractivity contribution in [2.45, 2.75) is 34.6 Å². The molecular formula is C14H21N. The molecule has 0 radical (unpaired) electrons. The van der Waals surface area contributed by atoms with E-state index in [2.05, 4.69) is 36.9 Å². The van der Waals surface area contributed by atoms with Gasteiger partial charge in [0, 0.05) is 11.9 Å². The molecule has 1 aromatic rings. The van der Waals surface area contributed by atoms with Crippen molar-refractivity contribution in [2.24, 2.45) is 0 Å². The molecule has 1 heteroatoms. The monoisotopic (exact) mass is 203 g/mol. The van der Waals surface area contributed by atoms with E-state index in [-0.39, 0.29) is 0 Å². The fraction of sp³-hybridized carbons (Fsp3) is 0.357. The van der Waals surface area contributed by atoms with Gasteiger partial charge in [0.15, 0.2) is 0 Å². The van der Waals surface area contributed by atoms with Crippen LogP contribution in [0.15, 0.2) is 18.3 Å². The predicted molar refractivity (Wildman–Crippen MR) is 69.7 cm³/mol.